The second-order valence-electron chi connectivity index (χ2n) is 2.18. The molecule has 0 aromatic heterocycles. The van der Waals surface area contributed by atoms with Crippen molar-refractivity contribution in [2.75, 3.05) is 0 Å². The van der Waals surface area contributed by atoms with E-state index in [1.54, 1.807) is 0 Å². The largest absolute Gasteiger partial charge is 0.0906 e. The van der Waals surface area contributed by atoms with Crippen LogP contribution >= 0.6 is 15.9 Å². The predicted octanol–water partition coefficient (Wildman–Crippen LogP) is 3.52. The van der Waals surface area contributed by atoms with E-state index < -0.39 is 0 Å². The molecule has 0 spiro atoms. The summed E-state index contributed by atoms with van der Waals surface area (Å²) in [5.41, 5.74) is 0. The molecule has 0 fully saturated rings. The Bertz CT molecular complexity index is 76.6. The van der Waals surface area contributed by atoms with Gasteiger partial charge in [-0.15, -0.1) is 0 Å². The molecule has 0 aliphatic carbocycles. The topological polar surface area (TPSA) is 0 Å². The van der Waals surface area contributed by atoms with Crippen molar-refractivity contribution in [1.29, 1.82) is 0 Å². The van der Waals surface area contributed by atoms with Crippen LogP contribution in [0.2, 0.25) is 0 Å². The molecule has 1 heteroatoms. The molecule has 0 aromatic rings. The summed E-state index contributed by atoms with van der Waals surface area (Å²) in [5.74, 6) is 0. The first-order chi connectivity index (χ1) is 4.31. The maximum atomic E-state index is 3.55. The molecule has 0 amide bonds. The molecule has 0 aliphatic heterocycles. The number of rotatable bonds is 4. The number of hydrogen-bond acceptors (Lipinski definition) is 0. The van der Waals surface area contributed by atoms with Gasteiger partial charge >= 0.3 is 0 Å². The van der Waals surface area contributed by atoms with Crippen LogP contribution in [-0.4, -0.2) is 4.83 Å². The number of unbranched alkanes of at least 4 members (excludes halogenated alkanes) is 1. The van der Waals surface area contributed by atoms with E-state index >= 15 is 0 Å². The lowest BCUT2D eigenvalue weighted by molar-refractivity contribution is 0.743. The Labute approximate surface area is 66.5 Å². The highest BCUT2D eigenvalue weighted by molar-refractivity contribution is 9.09. The maximum Gasteiger partial charge on any atom is 0.0325 e. The summed E-state index contributed by atoms with van der Waals surface area (Å²) in [6.45, 7) is 4.27. The van der Waals surface area contributed by atoms with Gasteiger partial charge in [0.05, 0.1) is 0 Å². The Morgan fingerprint density at radius 2 is 2.22 bits per heavy atom. The van der Waals surface area contributed by atoms with Crippen molar-refractivity contribution >= 4 is 15.9 Å². The Morgan fingerprint density at radius 3 is 2.67 bits per heavy atom. The molecule has 0 bridgehead atoms. The first kappa shape index (κ1) is 9.22. The highest BCUT2D eigenvalue weighted by Gasteiger charge is 1.94. The van der Waals surface area contributed by atoms with Gasteiger partial charge in [-0.25, -0.2) is 0 Å². The lowest BCUT2D eigenvalue weighted by Crippen LogP contribution is -1.90. The van der Waals surface area contributed by atoms with E-state index in [0.717, 1.165) is 0 Å². The van der Waals surface area contributed by atoms with Crippen LogP contribution in [0.15, 0.2) is 12.2 Å². The van der Waals surface area contributed by atoms with Crippen molar-refractivity contribution in [2.45, 2.75) is 37.9 Å². The first-order valence-corrected chi connectivity index (χ1v) is 4.49. The molecule has 0 saturated heterocycles. The van der Waals surface area contributed by atoms with Crippen LogP contribution in [-0.2, 0) is 0 Å². The van der Waals surface area contributed by atoms with E-state index in [9.17, 15) is 0 Å². The summed E-state index contributed by atoms with van der Waals surface area (Å²) in [7, 11) is 0. The highest BCUT2D eigenvalue weighted by Crippen LogP contribution is 2.10. The van der Waals surface area contributed by atoms with Gasteiger partial charge in [0.15, 0.2) is 0 Å². The summed E-state index contributed by atoms with van der Waals surface area (Å²) in [4.78, 5) is 0.599. The van der Waals surface area contributed by atoms with Crippen LogP contribution in [0.25, 0.3) is 0 Å². The van der Waals surface area contributed by atoms with E-state index in [2.05, 4.69) is 41.9 Å². The highest BCUT2D eigenvalue weighted by atomic mass is 79.9. The van der Waals surface area contributed by atoms with Crippen molar-refractivity contribution in [3.05, 3.63) is 12.2 Å². The van der Waals surface area contributed by atoms with Gasteiger partial charge in [0, 0.05) is 4.83 Å². The van der Waals surface area contributed by atoms with Crippen molar-refractivity contribution in [2.24, 2.45) is 0 Å². The average Bonchev–Trinajstić information content (AvgIpc) is 1.85. The molecule has 0 aliphatic rings. The van der Waals surface area contributed by atoms with Crippen molar-refractivity contribution in [3.63, 3.8) is 0 Å². The van der Waals surface area contributed by atoms with E-state index in [1.807, 2.05) is 0 Å². The maximum absolute atomic E-state index is 3.55. The van der Waals surface area contributed by atoms with E-state index in [0.29, 0.717) is 4.83 Å². The van der Waals surface area contributed by atoms with Gasteiger partial charge in [-0.05, 0) is 13.3 Å². The van der Waals surface area contributed by atoms with Crippen LogP contribution in [0, 0.1) is 0 Å². The SMILES string of the molecule is CC=CC(Br)CCCC. The molecule has 9 heavy (non-hydrogen) atoms. The second-order valence-corrected chi connectivity index (χ2v) is 3.36. The minimum absolute atomic E-state index is 0.599. The third kappa shape index (κ3) is 6.10. The zero-order valence-corrected chi connectivity index (χ0v) is 7.82. The number of alkyl halides is 1. The Balaban J connectivity index is 3.15. The molecule has 0 N–H and O–H groups in total. The molecule has 0 nitrogen and oxygen atoms in total. The molecule has 0 aromatic carbocycles. The van der Waals surface area contributed by atoms with Gasteiger partial charge in [0.2, 0.25) is 0 Å². The second kappa shape index (κ2) is 6.34. The monoisotopic (exact) mass is 190 g/mol. The quantitative estimate of drug-likeness (QED) is 0.471. The van der Waals surface area contributed by atoms with Crippen LogP contribution < -0.4 is 0 Å². The summed E-state index contributed by atoms with van der Waals surface area (Å²) in [5, 5.41) is 0. The first-order valence-electron chi connectivity index (χ1n) is 3.58. The fraction of sp³-hybridized carbons (Fsp3) is 0.750. The molecule has 0 heterocycles. The lowest BCUT2D eigenvalue weighted by Gasteiger charge is -2.00. The van der Waals surface area contributed by atoms with Crippen LogP contribution in [0.3, 0.4) is 0 Å². The molecule has 0 rings (SSSR count). The molecule has 54 valence electrons. The molecule has 0 radical (unpaired) electrons. The zero-order chi connectivity index (χ0) is 7.11. The minimum atomic E-state index is 0.599. The van der Waals surface area contributed by atoms with E-state index in [4.69, 9.17) is 0 Å². The van der Waals surface area contributed by atoms with Crippen LogP contribution in [0.5, 0.6) is 0 Å². The van der Waals surface area contributed by atoms with Gasteiger partial charge in [-0.2, -0.15) is 0 Å². The number of allylic oxidation sites excluding steroid dienone is 2. The van der Waals surface area contributed by atoms with Crippen molar-refractivity contribution in [3.8, 4) is 0 Å². The third-order valence-electron chi connectivity index (χ3n) is 1.23. The summed E-state index contributed by atoms with van der Waals surface area (Å²) in [6, 6.07) is 0. The minimum Gasteiger partial charge on any atom is -0.0906 e. The Hall–Kier alpha value is 0.220. The Kier molecular flexibility index (Phi) is 6.50. The van der Waals surface area contributed by atoms with Gasteiger partial charge in [-0.1, -0.05) is 47.8 Å². The van der Waals surface area contributed by atoms with E-state index in [1.165, 1.54) is 19.3 Å². The summed E-state index contributed by atoms with van der Waals surface area (Å²) in [6.07, 6.45) is 8.16. The normalized spacial score (nSPS) is 14.6. The fourth-order valence-electron chi connectivity index (χ4n) is 0.704. The summed E-state index contributed by atoms with van der Waals surface area (Å²) >= 11 is 3.55. The molecule has 0 saturated carbocycles. The molecule has 1 unspecified atom stereocenters. The smallest absolute Gasteiger partial charge is 0.0325 e. The van der Waals surface area contributed by atoms with Gasteiger partial charge in [-0.3, -0.25) is 0 Å². The fourth-order valence-corrected chi connectivity index (χ4v) is 1.33. The van der Waals surface area contributed by atoms with Crippen molar-refractivity contribution in [1.82, 2.24) is 0 Å². The number of halogens is 1. The van der Waals surface area contributed by atoms with Gasteiger partial charge in [0.1, 0.15) is 0 Å². The zero-order valence-electron chi connectivity index (χ0n) is 6.23. The predicted molar refractivity (Wildman–Crippen MR) is 47.1 cm³/mol. The molecular formula is C8H15Br. The van der Waals surface area contributed by atoms with E-state index in [-0.39, 0.29) is 0 Å². The standard InChI is InChI=1S/C8H15Br/c1-3-5-7-8(9)6-4-2/h4,6,8H,3,5,7H2,1-2H3. The Morgan fingerprint density at radius 1 is 1.56 bits per heavy atom. The van der Waals surface area contributed by atoms with Crippen LogP contribution in [0.1, 0.15) is 33.1 Å². The molecule has 1 atom stereocenters. The lowest BCUT2D eigenvalue weighted by atomic mass is 10.2. The summed E-state index contributed by atoms with van der Waals surface area (Å²) < 4.78 is 0. The number of hydrogen-bond donors (Lipinski definition) is 0. The van der Waals surface area contributed by atoms with Gasteiger partial charge < -0.3 is 0 Å². The molecular weight excluding hydrogens is 176 g/mol. The van der Waals surface area contributed by atoms with Crippen LogP contribution in [0.4, 0.5) is 0 Å². The van der Waals surface area contributed by atoms with Crippen molar-refractivity contribution < 1.29 is 0 Å². The van der Waals surface area contributed by atoms with Gasteiger partial charge in [0.25, 0.3) is 0 Å². The average molecular weight is 191 g/mol. The third-order valence-corrected chi connectivity index (χ3v) is 2.00.